The maximum atomic E-state index is 12.6. The Bertz CT molecular complexity index is 630. The fraction of sp³-hybridized carbons (Fsp3) is 0.500. The number of anilines is 1. The van der Waals surface area contributed by atoms with Gasteiger partial charge in [-0.1, -0.05) is 12.1 Å². The number of methoxy groups -OCH3 is 1. The van der Waals surface area contributed by atoms with Crippen molar-refractivity contribution in [3.05, 3.63) is 29.8 Å². The fourth-order valence-corrected chi connectivity index (χ4v) is 4.04. The Kier molecular flexibility index (Phi) is 4.53. The highest BCUT2D eigenvalue weighted by atomic mass is 32.2. The molecule has 0 aliphatic carbocycles. The van der Waals surface area contributed by atoms with Crippen molar-refractivity contribution < 1.29 is 17.9 Å². The van der Waals surface area contributed by atoms with E-state index >= 15 is 0 Å². The number of nitrogens with zero attached hydrogens (tertiary/aromatic N) is 1. The molecule has 1 saturated heterocycles. The molecule has 0 bridgehead atoms. The van der Waals surface area contributed by atoms with Gasteiger partial charge in [0.1, 0.15) is 6.04 Å². The summed E-state index contributed by atoms with van der Waals surface area (Å²) in [4.78, 5) is 11.5. The van der Waals surface area contributed by atoms with Crippen LogP contribution in [0, 0.1) is 6.92 Å². The molecule has 1 heterocycles. The van der Waals surface area contributed by atoms with Crippen molar-refractivity contribution in [2.45, 2.75) is 24.6 Å². The summed E-state index contributed by atoms with van der Waals surface area (Å²) in [7, 11) is -0.687. The molecule has 116 valence electrons. The van der Waals surface area contributed by atoms with Crippen molar-refractivity contribution in [3.63, 3.8) is 0 Å². The predicted molar refractivity (Wildman–Crippen MR) is 80.7 cm³/mol. The molecule has 0 radical (unpaired) electrons. The number of ether oxygens (including phenoxy) is 1. The van der Waals surface area contributed by atoms with Crippen molar-refractivity contribution in [3.8, 4) is 0 Å². The van der Waals surface area contributed by atoms with Crippen LogP contribution < -0.4 is 9.62 Å². The van der Waals surface area contributed by atoms with Gasteiger partial charge in [-0.05, 0) is 31.0 Å². The Labute approximate surface area is 125 Å². The Morgan fingerprint density at radius 1 is 1.43 bits per heavy atom. The van der Waals surface area contributed by atoms with E-state index in [1.165, 1.54) is 18.5 Å². The lowest BCUT2D eigenvalue weighted by molar-refractivity contribution is -0.142. The van der Waals surface area contributed by atoms with Crippen molar-refractivity contribution in [2.75, 3.05) is 25.0 Å². The number of rotatable bonds is 4. The van der Waals surface area contributed by atoms with Crippen LogP contribution in [-0.2, 0) is 19.6 Å². The van der Waals surface area contributed by atoms with Gasteiger partial charge in [0.05, 0.1) is 18.0 Å². The van der Waals surface area contributed by atoms with Gasteiger partial charge in [-0.3, -0.25) is 9.10 Å². The molecule has 21 heavy (non-hydrogen) atoms. The molecule has 2 atom stereocenters. The van der Waals surface area contributed by atoms with Crippen LogP contribution in [0.15, 0.2) is 24.3 Å². The van der Waals surface area contributed by atoms with Gasteiger partial charge in [-0.25, -0.2) is 8.42 Å². The third kappa shape index (κ3) is 3.19. The lowest BCUT2D eigenvalue weighted by Gasteiger charge is -2.23. The second-order valence-electron chi connectivity index (χ2n) is 5.19. The van der Waals surface area contributed by atoms with E-state index in [2.05, 4.69) is 10.1 Å². The largest absolute Gasteiger partial charge is 0.468 e. The lowest BCUT2D eigenvalue weighted by Crippen LogP contribution is -2.37. The van der Waals surface area contributed by atoms with E-state index in [4.69, 9.17) is 0 Å². The summed E-state index contributed by atoms with van der Waals surface area (Å²) in [6.45, 7) is 2.16. The van der Waals surface area contributed by atoms with E-state index in [1.54, 1.807) is 6.07 Å². The van der Waals surface area contributed by atoms with Gasteiger partial charge in [-0.15, -0.1) is 0 Å². The SMILES string of the molecule is COC(=O)C1CC(S(=O)(=O)N(C)c2cccc(C)c2)CN1. The Morgan fingerprint density at radius 2 is 2.14 bits per heavy atom. The zero-order valence-corrected chi connectivity index (χ0v) is 13.2. The summed E-state index contributed by atoms with van der Waals surface area (Å²) in [5.74, 6) is -0.425. The summed E-state index contributed by atoms with van der Waals surface area (Å²) in [6.07, 6.45) is 0.227. The Morgan fingerprint density at radius 3 is 2.76 bits per heavy atom. The number of carbonyl (C=O) groups excluding carboxylic acids is 1. The molecule has 1 N–H and O–H groups in total. The van der Waals surface area contributed by atoms with Gasteiger partial charge >= 0.3 is 5.97 Å². The van der Waals surface area contributed by atoms with E-state index in [0.29, 0.717) is 5.69 Å². The summed E-state index contributed by atoms with van der Waals surface area (Å²) in [5, 5.41) is 2.27. The van der Waals surface area contributed by atoms with Crippen LogP contribution >= 0.6 is 0 Å². The van der Waals surface area contributed by atoms with E-state index in [-0.39, 0.29) is 13.0 Å². The third-order valence-corrected chi connectivity index (χ3v) is 5.92. The van der Waals surface area contributed by atoms with Gasteiger partial charge in [0.2, 0.25) is 10.0 Å². The first-order valence-electron chi connectivity index (χ1n) is 6.72. The van der Waals surface area contributed by atoms with E-state index in [0.717, 1.165) is 5.56 Å². The second-order valence-corrected chi connectivity index (χ2v) is 7.44. The van der Waals surface area contributed by atoms with Crippen molar-refractivity contribution in [1.29, 1.82) is 0 Å². The standard InChI is InChI=1S/C14H20N2O4S/c1-10-5-4-6-11(7-10)16(2)21(18,19)12-8-13(15-9-12)14(17)20-3/h4-7,12-13,15H,8-9H2,1-3H3. The van der Waals surface area contributed by atoms with E-state index in [9.17, 15) is 13.2 Å². The number of esters is 1. The van der Waals surface area contributed by atoms with Crippen molar-refractivity contribution in [2.24, 2.45) is 0 Å². The minimum Gasteiger partial charge on any atom is -0.468 e. The Hall–Kier alpha value is -1.60. The lowest BCUT2D eigenvalue weighted by atomic mass is 10.2. The predicted octanol–water partition coefficient (Wildman–Crippen LogP) is 0.665. The van der Waals surface area contributed by atoms with Crippen LogP contribution in [0.3, 0.4) is 0 Å². The first-order valence-corrected chi connectivity index (χ1v) is 8.22. The van der Waals surface area contributed by atoms with Crippen LogP contribution in [0.1, 0.15) is 12.0 Å². The summed E-state index contributed by atoms with van der Waals surface area (Å²) >= 11 is 0. The zero-order chi connectivity index (χ0) is 15.6. The monoisotopic (exact) mass is 312 g/mol. The second kappa shape index (κ2) is 6.03. The van der Waals surface area contributed by atoms with Crippen molar-refractivity contribution in [1.82, 2.24) is 5.32 Å². The van der Waals surface area contributed by atoms with Gasteiger partial charge in [0.15, 0.2) is 0 Å². The van der Waals surface area contributed by atoms with Gasteiger partial charge in [-0.2, -0.15) is 0 Å². The molecule has 2 unspecified atom stereocenters. The smallest absolute Gasteiger partial charge is 0.322 e. The number of carbonyl (C=O) groups is 1. The average molecular weight is 312 g/mol. The molecule has 0 saturated carbocycles. The zero-order valence-electron chi connectivity index (χ0n) is 12.4. The molecule has 0 aromatic heterocycles. The van der Waals surface area contributed by atoms with Crippen LogP contribution in [0.4, 0.5) is 5.69 Å². The number of sulfonamides is 1. The summed E-state index contributed by atoms with van der Waals surface area (Å²) in [6, 6.07) is 6.75. The fourth-order valence-electron chi connectivity index (χ4n) is 2.45. The molecule has 0 spiro atoms. The molecule has 0 amide bonds. The summed E-state index contributed by atoms with van der Waals surface area (Å²) in [5.41, 5.74) is 1.61. The average Bonchev–Trinajstić information content (AvgIpc) is 2.96. The quantitative estimate of drug-likeness (QED) is 0.827. The topological polar surface area (TPSA) is 75.7 Å². The molecule has 2 rings (SSSR count). The minimum atomic E-state index is -3.52. The number of nitrogens with one attached hydrogen (secondary N) is 1. The molecule has 6 nitrogen and oxygen atoms in total. The normalized spacial score (nSPS) is 22.0. The third-order valence-electron chi connectivity index (χ3n) is 3.74. The van der Waals surface area contributed by atoms with Crippen molar-refractivity contribution >= 4 is 21.7 Å². The molecule has 7 heteroatoms. The minimum absolute atomic E-state index is 0.227. The van der Waals surface area contributed by atoms with E-state index in [1.807, 2.05) is 25.1 Å². The first kappa shape index (κ1) is 15.8. The number of hydrogen-bond acceptors (Lipinski definition) is 5. The summed E-state index contributed by atoms with van der Waals surface area (Å²) < 4.78 is 31.2. The molecule has 1 aliphatic heterocycles. The maximum Gasteiger partial charge on any atom is 0.322 e. The molecule has 1 aromatic rings. The maximum absolute atomic E-state index is 12.6. The Balaban J connectivity index is 2.17. The van der Waals surface area contributed by atoms with Gasteiger partial charge in [0, 0.05) is 13.6 Å². The molecule has 1 aliphatic rings. The van der Waals surface area contributed by atoms with Crippen LogP contribution in [0.25, 0.3) is 0 Å². The highest BCUT2D eigenvalue weighted by Gasteiger charge is 2.39. The first-order chi connectivity index (χ1) is 9.86. The van der Waals surface area contributed by atoms with Crippen LogP contribution in [0.5, 0.6) is 0 Å². The van der Waals surface area contributed by atoms with E-state index < -0.39 is 27.3 Å². The molecule has 1 aromatic carbocycles. The number of benzene rings is 1. The molecular weight excluding hydrogens is 292 g/mol. The molecular formula is C14H20N2O4S. The van der Waals surface area contributed by atoms with Gasteiger partial charge in [0.25, 0.3) is 0 Å². The van der Waals surface area contributed by atoms with Crippen LogP contribution in [-0.4, -0.2) is 46.4 Å². The van der Waals surface area contributed by atoms with Crippen LogP contribution in [0.2, 0.25) is 0 Å². The number of hydrogen-bond donors (Lipinski definition) is 1. The highest BCUT2D eigenvalue weighted by Crippen LogP contribution is 2.24. The van der Waals surface area contributed by atoms with Gasteiger partial charge < -0.3 is 10.1 Å². The molecule has 1 fully saturated rings. The highest BCUT2D eigenvalue weighted by molar-refractivity contribution is 7.93. The number of aryl methyl sites for hydroxylation is 1.